The fourth-order valence-corrected chi connectivity index (χ4v) is 4.73. The Balaban J connectivity index is 1.82. The Bertz CT molecular complexity index is 224. The molecular formula is C16H30. The van der Waals surface area contributed by atoms with Crippen molar-refractivity contribution in [3.8, 4) is 0 Å². The number of rotatable bonds is 4. The maximum Gasteiger partial charge on any atom is -0.0355 e. The van der Waals surface area contributed by atoms with Crippen molar-refractivity contribution >= 4 is 0 Å². The van der Waals surface area contributed by atoms with Crippen LogP contribution < -0.4 is 0 Å². The lowest BCUT2D eigenvalue weighted by Crippen LogP contribution is -2.41. The van der Waals surface area contributed by atoms with Gasteiger partial charge in [0.25, 0.3) is 0 Å². The lowest BCUT2D eigenvalue weighted by atomic mass is 9.56. The van der Waals surface area contributed by atoms with Crippen LogP contribution in [0.15, 0.2) is 0 Å². The highest BCUT2D eigenvalue weighted by Gasteiger charge is 2.42. The van der Waals surface area contributed by atoms with Gasteiger partial charge in [-0.3, -0.25) is 0 Å². The molecule has 0 bridgehead atoms. The highest BCUT2D eigenvalue weighted by Crippen LogP contribution is 2.51. The molecule has 0 N–H and O–H groups in total. The largest absolute Gasteiger partial charge is 0.0651 e. The third-order valence-electron chi connectivity index (χ3n) is 5.98. The van der Waals surface area contributed by atoms with Crippen molar-refractivity contribution in [2.45, 2.75) is 60.3 Å². The van der Waals surface area contributed by atoms with E-state index in [-0.39, 0.29) is 0 Å². The van der Waals surface area contributed by atoms with Crippen LogP contribution in [0.2, 0.25) is 0 Å². The van der Waals surface area contributed by atoms with Crippen LogP contribution in [0.4, 0.5) is 0 Å². The summed E-state index contributed by atoms with van der Waals surface area (Å²) in [5.41, 5.74) is 0. The first-order valence-electron chi connectivity index (χ1n) is 7.54. The standard InChI is InChI=1S/C16H30/c1-6-14-12(4)9-16(14)13(5)8-15-10(2)7-11(15)3/h10-16H,6-9H2,1-5H3. The molecule has 2 saturated carbocycles. The van der Waals surface area contributed by atoms with Gasteiger partial charge in [0, 0.05) is 0 Å². The van der Waals surface area contributed by atoms with Crippen LogP contribution in [0.25, 0.3) is 0 Å². The molecule has 94 valence electrons. The number of hydrogen-bond donors (Lipinski definition) is 0. The maximum atomic E-state index is 2.52. The zero-order chi connectivity index (χ0) is 11.9. The average molecular weight is 222 g/mol. The molecule has 0 aromatic carbocycles. The fraction of sp³-hybridized carbons (Fsp3) is 1.00. The molecule has 6 atom stereocenters. The molecule has 0 radical (unpaired) electrons. The average Bonchev–Trinajstić information content (AvgIpc) is 2.23. The first kappa shape index (κ1) is 12.5. The van der Waals surface area contributed by atoms with E-state index < -0.39 is 0 Å². The summed E-state index contributed by atoms with van der Waals surface area (Å²) in [6.45, 7) is 12.3. The van der Waals surface area contributed by atoms with E-state index in [4.69, 9.17) is 0 Å². The highest BCUT2D eigenvalue weighted by atomic mass is 14.5. The van der Waals surface area contributed by atoms with Gasteiger partial charge in [0.15, 0.2) is 0 Å². The van der Waals surface area contributed by atoms with Crippen LogP contribution in [0.5, 0.6) is 0 Å². The first-order valence-corrected chi connectivity index (χ1v) is 7.54. The molecule has 2 aliphatic rings. The zero-order valence-electron chi connectivity index (χ0n) is 11.9. The summed E-state index contributed by atoms with van der Waals surface area (Å²) in [4.78, 5) is 0. The highest BCUT2D eigenvalue weighted by molar-refractivity contribution is 4.92. The molecular weight excluding hydrogens is 192 g/mol. The van der Waals surface area contributed by atoms with Crippen molar-refractivity contribution < 1.29 is 0 Å². The van der Waals surface area contributed by atoms with E-state index in [0.29, 0.717) is 0 Å². The SMILES string of the molecule is CCC1C(C)CC1C(C)CC1C(C)CC1C. The molecule has 0 aliphatic heterocycles. The smallest absolute Gasteiger partial charge is 0.0355 e. The van der Waals surface area contributed by atoms with Crippen molar-refractivity contribution in [1.29, 1.82) is 0 Å². The second-order valence-corrected chi connectivity index (χ2v) is 7.02. The van der Waals surface area contributed by atoms with Crippen molar-refractivity contribution in [1.82, 2.24) is 0 Å². The third kappa shape index (κ3) is 2.05. The summed E-state index contributed by atoms with van der Waals surface area (Å²) < 4.78 is 0. The van der Waals surface area contributed by atoms with Gasteiger partial charge < -0.3 is 0 Å². The molecule has 2 aliphatic carbocycles. The summed E-state index contributed by atoms with van der Waals surface area (Å²) in [6.07, 6.45) is 5.91. The Morgan fingerprint density at radius 3 is 1.94 bits per heavy atom. The lowest BCUT2D eigenvalue weighted by Gasteiger charge is -2.50. The quantitative estimate of drug-likeness (QED) is 0.629. The van der Waals surface area contributed by atoms with E-state index in [2.05, 4.69) is 34.6 Å². The molecule has 0 amide bonds. The molecule has 2 fully saturated rings. The van der Waals surface area contributed by atoms with Crippen LogP contribution >= 0.6 is 0 Å². The van der Waals surface area contributed by atoms with Crippen molar-refractivity contribution in [2.75, 3.05) is 0 Å². The molecule has 0 aromatic heterocycles. The Labute approximate surface area is 102 Å². The van der Waals surface area contributed by atoms with E-state index in [1.54, 1.807) is 0 Å². The van der Waals surface area contributed by atoms with E-state index in [1.165, 1.54) is 25.7 Å². The molecule has 16 heavy (non-hydrogen) atoms. The van der Waals surface area contributed by atoms with Crippen molar-refractivity contribution in [3.05, 3.63) is 0 Å². The minimum absolute atomic E-state index is 0.983. The molecule has 0 heteroatoms. The normalized spacial score (nSPS) is 49.3. The van der Waals surface area contributed by atoms with Gasteiger partial charge in [-0.1, -0.05) is 41.0 Å². The Morgan fingerprint density at radius 2 is 1.50 bits per heavy atom. The summed E-state index contributed by atoms with van der Waals surface area (Å²) >= 11 is 0. The van der Waals surface area contributed by atoms with Crippen LogP contribution in [0.1, 0.15) is 60.3 Å². The van der Waals surface area contributed by atoms with Crippen LogP contribution in [0.3, 0.4) is 0 Å². The minimum Gasteiger partial charge on any atom is -0.0651 e. The third-order valence-corrected chi connectivity index (χ3v) is 5.98. The van der Waals surface area contributed by atoms with Crippen LogP contribution in [-0.2, 0) is 0 Å². The van der Waals surface area contributed by atoms with Gasteiger partial charge in [-0.2, -0.15) is 0 Å². The van der Waals surface area contributed by atoms with Crippen molar-refractivity contribution in [3.63, 3.8) is 0 Å². The van der Waals surface area contributed by atoms with Crippen LogP contribution in [-0.4, -0.2) is 0 Å². The van der Waals surface area contributed by atoms with E-state index in [0.717, 1.165) is 41.4 Å². The minimum atomic E-state index is 0.983. The van der Waals surface area contributed by atoms with Gasteiger partial charge in [-0.15, -0.1) is 0 Å². The summed E-state index contributed by atoms with van der Waals surface area (Å²) in [5, 5.41) is 0. The summed E-state index contributed by atoms with van der Waals surface area (Å²) in [5.74, 6) is 7.15. The molecule has 0 saturated heterocycles. The van der Waals surface area contributed by atoms with Crippen LogP contribution in [0, 0.1) is 41.4 Å². The zero-order valence-corrected chi connectivity index (χ0v) is 11.9. The monoisotopic (exact) mass is 222 g/mol. The van der Waals surface area contributed by atoms with E-state index in [1.807, 2.05) is 0 Å². The van der Waals surface area contributed by atoms with E-state index >= 15 is 0 Å². The van der Waals surface area contributed by atoms with Gasteiger partial charge >= 0.3 is 0 Å². The molecule has 0 heterocycles. The van der Waals surface area contributed by atoms with Crippen molar-refractivity contribution in [2.24, 2.45) is 41.4 Å². The second-order valence-electron chi connectivity index (χ2n) is 7.02. The molecule has 0 spiro atoms. The Hall–Kier alpha value is 0. The maximum absolute atomic E-state index is 2.52. The predicted molar refractivity (Wildman–Crippen MR) is 71.3 cm³/mol. The van der Waals surface area contributed by atoms with Gasteiger partial charge in [-0.25, -0.2) is 0 Å². The lowest BCUT2D eigenvalue weighted by molar-refractivity contribution is -0.00123. The summed E-state index contributed by atoms with van der Waals surface area (Å²) in [7, 11) is 0. The molecule has 0 nitrogen and oxygen atoms in total. The topological polar surface area (TPSA) is 0 Å². The molecule has 6 unspecified atom stereocenters. The Morgan fingerprint density at radius 1 is 0.938 bits per heavy atom. The summed E-state index contributed by atoms with van der Waals surface area (Å²) in [6, 6.07) is 0. The number of hydrogen-bond acceptors (Lipinski definition) is 0. The first-order chi connectivity index (χ1) is 7.54. The van der Waals surface area contributed by atoms with Gasteiger partial charge in [0.1, 0.15) is 0 Å². The second kappa shape index (κ2) is 4.70. The molecule has 2 rings (SSSR count). The Kier molecular flexibility index (Phi) is 3.66. The predicted octanol–water partition coefficient (Wildman–Crippen LogP) is 4.99. The molecule has 0 aromatic rings. The van der Waals surface area contributed by atoms with E-state index in [9.17, 15) is 0 Å². The fourth-order valence-electron chi connectivity index (χ4n) is 4.73. The van der Waals surface area contributed by atoms with Gasteiger partial charge in [0.05, 0.1) is 0 Å². The van der Waals surface area contributed by atoms with Gasteiger partial charge in [-0.05, 0) is 60.7 Å². The van der Waals surface area contributed by atoms with Gasteiger partial charge in [0.2, 0.25) is 0 Å².